The Morgan fingerprint density at radius 2 is 1.85 bits per heavy atom. The second-order valence-electron chi connectivity index (χ2n) is 4.78. The fourth-order valence-corrected chi connectivity index (χ4v) is 1.41. The minimum atomic E-state index is -1.10. The molecule has 0 aromatic carbocycles. The highest BCUT2D eigenvalue weighted by Gasteiger charge is 2.24. The molecule has 7 nitrogen and oxygen atoms in total. The first kappa shape index (κ1) is 17.9. The van der Waals surface area contributed by atoms with Gasteiger partial charge in [0.25, 0.3) is 0 Å². The Labute approximate surface area is 118 Å². The number of amides is 2. The Balaban J connectivity index is 4.38. The zero-order chi connectivity index (χ0) is 15.7. The highest BCUT2D eigenvalue weighted by molar-refractivity contribution is 5.88. The summed E-state index contributed by atoms with van der Waals surface area (Å²) >= 11 is 0. The molecule has 0 bridgehead atoms. The van der Waals surface area contributed by atoms with Crippen LogP contribution < -0.4 is 10.6 Å². The number of hydrogen-bond donors (Lipinski definition) is 3. The number of carbonyl (C=O) groups excluding carboxylic acids is 2. The van der Waals surface area contributed by atoms with Crippen LogP contribution in [0.25, 0.3) is 0 Å². The summed E-state index contributed by atoms with van der Waals surface area (Å²) in [5.41, 5.74) is 0. The van der Waals surface area contributed by atoms with Crippen molar-refractivity contribution in [3.8, 4) is 0 Å². The van der Waals surface area contributed by atoms with Gasteiger partial charge in [-0.15, -0.1) is 0 Å². The Morgan fingerprint density at radius 1 is 1.25 bits per heavy atom. The highest BCUT2D eigenvalue weighted by atomic mass is 16.5. The molecule has 0 fully saturated rings. The summed E-state index contributed by atoms with van der Waals surface area (Å²) in [7, 11) is 0. The van der Waals surface area contributed by atoms with Crippen LogP contribution in [0.2, 0.25) is 0 Å². The van der Waals surface area contributed by atoms with E-state index in [1.807, 2.05) is 13.8 Å². The summed E-state index contributed by atoms with van der Waals surface area (Å²) in [5, 5.41) is 13.7. The van der Waals surface area contributed by atoms with Gasteiger partial charge in [0.05, 0.1) is 0 Å². The Morgan fingerprint density at radius 3 is 2.30 bits per heavy atom. The van der Waals surface area contributed by atoms with Crippen molar-refractivity contribution in [3.05, 3.63) is 12.7 Å². The van der Waals surface area contributed by atoms with E-state index in [1.165, 1.54) is 13.0 Å². The molecule has 0 radical (unpaired) electrons. The SMILES string of the molecule is C=CCOC(=O)N[C@H](C)C(=O)N[C@@H](CC(C)C)C(=O)O. The van der Waals surface area contributed by atoms with E-state index in [-0.39, 0.29) is 12.5 Å². The van der Waals surface area contributed by atoms with E-state index in [9.17, 15) is 14.4 Å². The number of carboxylic acid groups (broad SMARTS) is 1. The van der Waals surface area contributed by atoms with Gasteiger partial charge in [-0.1, -0.05) is 26.5 Å². The number of carboxylic acids is 1. The maximum atomic E-state index is 11.8. The monoisotopic (exact) mass is 286 g/mol. The largest absolute Gasteiger partial charge is 0.480 e. The summed E-state index contributed by atoms with van der Waals surface area (Å²) in [6.07, 6.45) is 0.950. The summed E-state index contributed by atoms with van der Waals surface area (Å²) in [5.74, 6) is -1.56. The average Bonchev–Trinajstić information content (AvgIpc) is 2.34. The summed E-state index contributed by atoms with van der Waals surface area (Å²) in [6, 6.07) is -1.86. The minimum Gasteiger partial charge on any atom is -0.480 e. The molecule has 0 rings (SSSR count). The van der Waals surface area contributed by atoms with E-state index in [0.29, 0.717) is 6.42 Å². The molecule has 0 heterocycles. The zero-order valence-electron chi connectivity index (χ0n) is 12.0. The van der Waals surface area contributed by atoms with Crippen LogP contribution in [0.1, 0.15) is 27.2 Å². The molecule has 0 aliphatic rings. The molecule has 0 saturated heterocycles. The quantitative estimate of drug-likeness (QED) is 0.575. The van der Waals surface area contributed by atoms with E-state index in [1.54, 1.807) is 0 Å². The fraction of sp³-hybridized carbons (Fsp3) is 0.615. The van der Waals surface area contributed by atoms with Crippen molar-refractivity contribution < 1.29 is 24.2 Å². The van der Waals surface area contributed by atoms with Crippen LogP contribution in [0.3, 0.4) is 0 Å². The fourth-order valence-electron chi connectivity index (χ4n) is 1.41. The molecule has 3 N–H and O–H groups in total. The van der Waals surface area contributed by atoms with Crippen LogP contribution >= 0.6 is 0 Å². The lowest BCUT2D eigenvalue weighted by Crippen LogP contribution is -2.50. The Hall–Kier alpha value is -2.05. The van der Waals surface area contributed by atoms with E-state index >= 15 is 0 Å². The predicted octanol–water partition coefficient (Wildman–Crippen LogP) is 0.903. The average molecular weight is 286 g/mol. The predicted molar refractivity (Wildman–Crippen MR) is 73.2 cm³/mol. The molecule has 0 unspecified atom stereocenters. The summed E-state index contributed by atoms with van der Waals surface area (Å²) < 4.78 is 4.66. The molecule has 7 heteroatoms. The third-order valence-electron chi connectivity index (χ3n) is 2.38. The van der Waals surface area contributed by atoms with Gasteiger partial charge in [-0.05, 0) is 19.3 Å². The second kappa shape index (κ2) is 8.95. The molecule has 0 spiro atoms. The second-order valence-corrected chi connectivity index (χ2v) is 4.78. The molecule has 2 atom stereocenters. The lowest BCUT2D eigenvalue weighted by Gasteiger charge is -2.19. The van der Waals surface area contributed by atoms with Crippen LogP contribution in [0.5, 0.6) is 0 Å². The Bertz CT molecular complexity index is 368. The van der Waals surface area contributed by atoms with Gasteiger partial charge in [-0.25, -0.2) is 9.59 Å². The topological polar surface area (TPSA) is 105 Å². The van der Waals surface area contributed by atoms with Crippen LogP contribution in [-0.4, -0.2) is 41.8 Å². The van der Waals surface area contributed by atoms with Gasteiger partial charge in [0.2, 0.25) is 5.91 Å². The van der Waals surface area contributed by atoms with Gasteiger partial charge in [0, 0.05) is 0 Å². The Kier molecular flexibility index (Phi) is 8.03. The van der Waals surface area contributed by atoms with Crippen molar-refractivity contribution in [3.63, 3.8) is 0 Å². The first-order valence-electron chi connectivity index (χ1n) is 6.35. The van der Waals surface area contributed by atoms with E-state index in [2.05, 4.69) is 21.9 Å². The number of aliphatic carboxylic acids is 1. The molecule has 2 amide bonds. The van der Waals surface area contributed by atoms with Gasteiger partial charge in [0.1, 0.15) is 18.7 Å². The van der Waals surface area contributed by atoms with Crippen LogP contribution in [0.4, 0.5) is 4.79 Å². The van der Waals surface area contributed by atoms with Gasteiger partial charge in [0.15, 0.2) is 0 Å². The van der Waals surface area contributed by atoms with Crippen molar-refractivity contribution in [1.29, 1.82) is 0 Å². The maximum Gasteiger partial charge on any atom is 0.408 e. The van der Waals surface area contributed by atoms with E-state index in [4.69, 9.17) is 5.11 Å². The van der Waals surface area contributed by atoms with Crippen molar-refractivity contribution in [2.24, 2.45) is 5.92 Å². The maximum absolute atomic E-state index is 11.8. The van der Waals surface area contributed by atoms with E-state index in [0.717, 1.165) is 0 Å². The normalized spacial score (nSPS) is 13.2. The number of alkyl carbamates (subject to hydrolysis) is 1. The molecular weight excluding hydrogens is 264 g/mol. The molecule has 0 saturated carbocycles. The van der Waals surface area contributed by atoms with Gasteiger partial charge < -0.3 is 20.5 Å². The summed E-state index contributed by atoms with van der Waals surface area (Å²) in [4.78, 5) is 34.0. The first-order valence-corrected chi connectivity index (χ1v) is 6.35. The lowest BCUT2D eigenvalue weighted by molar-refractivity contribution is -0.142. The van der Waals surface area contributed by atoms with Crippen molar-refractivity contribution in [1.82, 2.24) is 10.6 Å². The molecule has 0 aromatic heterocycles. The molecule has 0 aromatic rings. The molecule has 0 aliphatic carbocycles. The smallest absolute Gasteiger partial charge is 0.408 e. The zero-order valence-corrected chi connectivity index (χ0v) is 12.0. The molecule has 0 aliphatic heterocycles. The number of nitrogens with one attached hydrogen (secondary N) is 2. The van der Waals surface area contributed by atoms with Crippen LogP contribution in [-0.2, 0) is 14.3 Å². The third kappa shape index (κ3) is 7.40. The van der Waals surface area contributed by atoms with Crippen LogP contribution in [0, 0.1) is 5.92 Å². The number of carbonyl (C=O) groups is 3. The van der Waals surface area contributed by atoms with Crippen molar-refractivity contribution in [2.45, 2.75) is 39.3 Å². The van der Waals surface area contributed by atoms with Crippen molar-refractivity contribution >= 4 is 18.0 Å². The number of hydrogen-bond acceptors (Lipinski definition) is 4. The van der Waals surface area contributed by atoms with Gasteiger partial charge in [-0.3, -0.25) is 4.79 Å². The third-order valence-corrected chi connectivity index (χ3v) is 2.38. The summed E-state index contributed by atoms with van der Waals surface area (Å²) in [6.45, 7) is 8.58. The molecule has 114 valence electrons. The molecule has 20 heavy (non-hydrogen) atoms. The lowest BCUT2D eigenvalue weighted by atomic mass is 10.0. The number of ether oxygens (including phenoxy) is 1. The first-order chi connectivity index (χ1) is 9.27. The standard InChI is InChI=1S/C13H22N2O5/c1-5-6-20-13(19)14-9(4)11(16)15-10(12(17)18)7-8(2)3/h5,8-10H,1,6-7H2,2-4H3,(H,14,19)(H,15,16)(H,17,18)/t9-,10+/m1/s1. The van der Waals surface area contributed by atoms with Crippen molar-refractivity contribution in [2.75, 3.05) is 6.61 Å². The highest BCUT2D eigenvalue weighted by Crippen LogP contribution is 2.05. The van der Waals surface area contributed by atoms with E-state index < -0.39 is 30.1 Å². The minimum absolute atomic E-state index is 0.0330. The van der Waals surface area contributed by atoms with Gasteiger partial charge >= 0.3 is 12.1 Å². The van der Waals surface area contributed by atoms with Crippen LogP contribution in [0.15, 0.2) is 12.7 Å². The van der Waals surface area contributed by atoms with Gasteiger partial charge in [-0.2, -0.15) is 0 Å². The number of rotatable bonds is 8. The molecular formula is C13H22N2O5.